The lowest BCUT2D eigenvalue weighted by Gasteiger charge is -2.40. The van der Waals surface area contributed by atoms with Crippen molar-refractivity contribution in [1.82, 2.24) is 20.2 Å². The van der Waals surface area contributed by atoms with Crippen LogP contribution in [0.25, 0.3) is 0 Å². The van der Waals surface area contributed by atoms with Gasteiger partial charge in [0.05, 0.1) is 5.56 Å². The molecule has 1 unspecified atom stereocenters. The van der Waals surface area contributed by atoms with Crippen molar-refractivity contribution >= 4 is 17.8 Å². The largest absolute Gasteiger partial charge is 0.478 e. The van der Waals surface area contributed by atoms with E-state index in [9.17, 15) is 14.9 Å². The highest BCUT2D eigenvalue weighted by molar-refractivity contribution is 5.87. The van der Waals surface area contributed by atoms with Gasteiger partial charge in [0.15, 0.2) is 11.5 Å². The number of anilines is 1. The third-order valence-corrected chi connectivity index (χ3v) is 4.62. The number of carbonyl (C=O) groups excluding carboxylic acids is 1. The Bertz CT molecular complexity index is 909. The number of hydrogen-bond acceptors (Lipinski definition) is 6. The molecule has 1 aliphatic rings. The molecule has 2 aromatic rings. The molecule has 0 aliphatic carbocycles. The molecule has 1 atom stereocenters. The number of amides is 2. The number of nitrogens with one attached hydrogen (secondary N) is 1. The number of nitrogens with zero attached hydrogens (tertiary/aromatic N) is 5. The second kappa shape index (κ2) is 8.35. The first-order valence-corrected chi connectivity index (χ1v) is 8.82. The standard InChI is InChI=1S/C19H20N6O3/c1-13-12-24(17-16(10-20)21-6-7-22-17)8-9-25(13)19(28)23-11-14-2-4-15(5-3-14)18(26)27/h2-7,13H,8-9,11-12H2,1H3,(H,23,28)(H,26,27). The number of carbonyl (C=O) groups is 2. The normalized spacial score (nSPS) is 16.4. The van der Waals surface area contributed by atoms with Gasteiger partial charge in [-0.2, -0.15) is 5.26 Å². The van der Waals surface area contributed by atoms with Gasteiger partial charge in [-0.1, -0.05) is 12.1 Å². The summed E-state index contributed by atoms with van der Waals surface area (Å²) in [7, 11) is 0. The Morgan fingerprint density at radius 3 is 2.61 bits per heavy atom. The first kappa shape index (κ1) is 19.1. The number of hydrogen-bond donors (Lipinski definition) is 2. The van der Waals surface area contributed by atoms with Gasteiger partial charge in [0, 0.05) is 44.6 Å². The number of piperazine rings is 1. The molecule has 0 spiro atoms. The molecule has 2 N–H and O–H groups in total. The Morgan fingerprint density at radius 2 is 1.96 bits per heavy atom. The Kier molecular flexibility index (Phi) is 5.69. The fourth-order valence-electron chi connectivity index (χ4n) is 3.14. The summed E-state index contributed by atoms with van der Waals surface area (Å²) in [4.78, 5) is 35.4. The lowest BCUT2D eigenvalue weighted by molar-refractivity contribution is 0.0696. The maximum absolute atomic E-state index is 12.5. The molecule has 1 fully saturated rings. The van der Waals surface area contributed by atoms with Crippen LogP contribution < -0.4 is 10.2 Å². The van der Waals surface area contributed by atoms with Crippen LogP contribution in [0.5, 0.6) is 0 Å². The number of benzene rings is 1. The van der Waals surface area contributed by atoms with Gasteiger partial charge in [-0.15, -0.1) is 0 Å². The van der Waals surface area contributed by atoms with Crippen LogP contribution in [0.3, 0.4) is 0 Å². The van der Waals surface area contributed by atoms with Crippen LogP contribution in [0.4, 0.5) is 10.6 Å². The predicted octanol–water partition coefficient (Wildman–Crippen LogP) is 1.47. The lowest BCUT2D eigenvalue weighted by atomic mass is 10.1. The van der Waals surface area contributed by atoms with Gasteiger partial charge in [-0.05, 0) is 24.6 Å². The van der Waals surface area contributed by atoms with Crippen molar-refractivity contribution in [1.29, 1.82) is 5.26 Å². The maximum Gasteiger partial charge on any atom is 0.335 e. The van der Waals surface area contributed by atoms with Crippen LogP contribution in [0.1, 0.15) is 28.5 Å². The van der Waals surface area contributed by atoms with Crippen LogP contribution in [0.2, 0.25) is 0 Å². The predicted molar refractivity (Wildman–Crippen MR) is 101 cm³/mol. The zero-order chi connectivity index (χ0) is 20.1. The van der Waals surface area contributed by atoms with Crippen molar-refractivity contribution in [3.8, 4) is 6.07 Å². The second-order valence-corrected chi connectivity index (χ2v) is 6.49. The summed E-state index contributed by atoms with van der Waals surface area (Å²) < 4.78 is 0. The van der Waals surface area contributed by atoms with E-state index < -0.39 is 5.97 Å². The minimum atomic E-state index is -0.982. The highest BCUT2D eigenvalue weighted by Gasteiger charge is 2.29. The molecule has 2 amide bonds. The molecule has 3 rings (SSSR count). The van der Waals surface area contributed by atoms with Crippen LogP contribution in [0, 0.1) is 11.3 Å². The topological polar surface area (TPSA) is 122 Å². The zero-order valence-corrected chi connectivity index (χ0v) is 15.4. The zero-order valence-electron chi connectivity index (χ0n) is 15.4. The Labute approximate surface area is 162 Å². The van der Waals surface area contributed by atoms with E-state index in [1.807, 2.05) is 17.9 Å². The van der Waals surface area contributed by atoms with Crippen LogP contribution >= 0.6 is 0 Å². The first-order chi connectivity index (χ1) is 13.5. The Hall–Kier alpha value is -3.67. The molecule has 28 heavy (non-hydrogen) atoms. The van der Waals surface area contributed by atoms with Crippen LogP contribution in [-0.2, 0) is 6.54 Å². The number of urea groups is 1. The summed E-state index contributed by atoms with van der Waals surface area (Å²) in [6, 6.07) is 8.18. The molecule has 0 bridgehead atoms. The van der Waals surface area contributed by atoms with E-state index in [1.165, 1.54) is 18.3 Å². The van der Waals surface area contributed by atoms with Crippen molar-refractivity contribution in [3.05, 3.63) is 53.5 Å². The van der Waals surface area contributed by atoms with E-state index in [0.717, 1.165) is 5.56 Å². The Balaban J connectivity index is 1.57. The number of rotatable bonds is 4. The van der Waals surface area contributed by atoms with E-state index in [-0.39, 0.29) is 23.3 Å². The van der Waals surface area contributed by atoms with Gasteiger partial charge in [-0.25, -0.2) is 19.6 Å². The molecule has 1 saturated heterocycles. The van der Waals surface area contributed by atoms with E-state index in [2.05, 4.69) is 15.3 Å². The van der Waals surface area contributed by atoms with E-state index >= 15 is 0 Å². The minimum Gasteiger partial charge on any atom is -0.478 e. The maximum atomic E-state index is 12.5. The molecule has 9 nitrogen and oxygen atoms in total. The second-order valence-electron chi connectivity index (χ2n) is 6.49. The molecule has 1 aromatic heterocycles. The van der Waals surface area contributed by atoms with Gasteiger partial charge >= 0.3 is 12.0 Å². The molecular weight excluding hydrogens is 360 g/mol. The van der Waals surface area contributed by atoms with Crippen LogP contribution in [0.15, 0.2) is 36.7 Å². The van der Waals surface area contributed by atoms with E-state index in [4.69, 9.17) is 5.11 Å². The van der Waals surface area contributed by atoms with Crippen molar-refractivity contribution in [2.75, 3.05) is 24.5 Å². The number of nitriles is 1. The average Bonchev–Trinajstić information content (AvgIpc) is 2.72. The molecule has 1 aliphatic heterocycles. The van der Waals surface area contributed by atoms with Gasteiger partial charge in [0.2, 0.25) is 0 Å². The summed E-state index contributed by atoms with van der Waals surface area (Å²) in [5, 5.41) is 21.0. The summed E-state index contributed by atoms with van der Waals surface area (Å²) in [6.45, 7) is 3.85. The van der Waals surface area contributed by atoms with E-state index in [1.54, 1.807) is 23.2 Å². The summed E-state index contributed by atoms with van der Waals surface area (Å²) in [5.74, 6) is -0.444. The highest BCUT2D eigenvalue weighted by atomic mass is 16.4. The minimum absolute atomic E-state index is 0.0725. The number of aromatic carboxylic acids is 1. The molecule has 2 heterocycles. The third-order valence-electron chi connectivity index (χ3n) is 4.62. The van der Waals surface area contributed by atoms with Crippen LogP contribution in [-0.4, -0.2) is 57.7 Å². The van der Waals surface area contributed by atoms with Gasteiger partial charge < -0.3 is 20.2 Å². The van der Waals surface area contributed by atoms with Crippen molar-refractivity contribution in [2.45, 2.75) is 19.5 Å². The molecular formula is C19H20N6O3. The van der Waals surface area contributed by atoms with Gasteiger partial charge in [0.1, 0.15) is 6.07 Å². The number of aromatic nitrogens is 2. The van der Waals surface area contributed by atoms with Crippen molar-refractivity contribution < 1.29 is 14.7 Å². The SMILES string of the molecule is CC1CN(c2nccnc2C#N)CCN1C(=O)NCc1ccc(C(=O)O)cc1. The van der Waals surface area contributed by atoms with E-state index in [0.29, 0.717) is 32.0 Å². The van der Waals surface area contributed by atoms with Crippen molar-refractivity contribution in [3.63, 3.8) is 0 Å². The number of carboxylic acids is 1. The Morgan fingerprint density at radius 1 is 1.25 bits per heavy atom. The molecule has 0 saturated carbocycles. The average molecular weight is 380 g/mol. The quantitative estimate of drug-likeness (QED) is 0.823. The fraction of sp³-hybridized carbons (Fsp3) is 0.316. The van der Waals surface area contributed by atoms with Crippen molar-refractivity contribution in [2.24, 2.45) is 0 Å². The fourth-order valence-corrected chi connectivity index (χ4v) is 3.14. The smallest absolute Gasteiger partial charge is 0.335 e. The summed E-state index contributed by atoms with van der Waals surface area (Å²) in [6.07, 6.45) is 3.04. The molecule has 9 heteroatoms. The molecule has 1 aromatic carbocycles. The monoisotopic (exact) mass is 380 g/mol. The first-order valence-electron chi connectivity index (χ1n) is 8.82. The highest BCUT2D eigenvalue weighted by Crippen LogP contribution is 2.19. The third kappa shape index (κ3) is 4.17. The number of carboxylic acid groups (broad SMARTS) is 1. The lowest BCUT2D eigenvalue weighted by Crippen LogP contribution is -2.56. The summed E-state index contributed by atoms with van der Waals surface area (Å²) in [5.41, 5.74) is 1.31. The molecule has 0 radical (unpaired) electrons. The summed E-state index contributed by atoms with van der Waals surface area (Å²) >= 11 is 0. The van der Waals surface area contributed by atoms with Gasteiger partial charge in [-0.3, -0.25) is 0 Å². The van der Waals surface area contributed by atoms with Gasteiger partial charge in [0.25, 0.3) is 0 Å². The molecule has 144 valence electrons.